The van der Waals surface area contributed by atoms with Gasteiger partial charge in [-0.1, -0.05) is 0 Å². The Morgan fingerprint density at radius 2 is 2.17 bits per heavy atom. The number of hydrogen-bond acceptors (Lipinski definition) is 2. The molecule has 1 aromatic carbocycles. The van der Waals surface area contributed by atoms with Crippen molar-refractivity contribution >= 4 is 5.69 Å². The van der Waals surface area contributed by atoms with Crippen LogP contribution in [0.15, 0.2) is 6.07 Å². The Labute approximate surface area is 72.2 Å². The van der Waals surface area contributed by atoms with Crippen molar-refractivity contribution in [3.05, 3.63) is 22.8 Å². The number of benzene rings is 1. The number of aromatic hydroxyl groups is 1. The molecule has 0 aliphatic carbocycles. The first kappa shape index (κ1) is 7.47. The molecular weight excluding hydrogens is 150 g/mol. The van der Waals surface area contributed by atoms with Crippen LogP contribution in [0, 0.1) is 13.8 Å². The minimum absolute atomic E-state index is 0.426. The fourth-order valence-electron chi connectivity index (χ4n) is 1.84. The third kappa shape index (κ3) is 0.876. The molecule has 1 aliphatic rings. The van der Waals surface area contributed by atoms with Crippen LogP contribution in [0.2, 0.25) is 0 Å². The molecule has 0 saturated carbocycles. The molecule has 64 valence electrons. The van der Waals surface area contributed by atoms with E-state index in [9.17, 15) is 5.11 Å². The Bertz CT molecular complexity index is 331. The van der Waals surface area contributed by atoms with E-state index in [-0.39, 0.29) is 0 Å². The molecule has 0 fully saturated rings. The number of nitrogens with one attached hydrogen (secondary N) is 1. The number of anilines is 1. The van der Waals surface area contributed by atoms with Gasteiger partial charge in [0, 0.05) is 12.2 Å². The van der Waals surface area contributed by atoms with E-state index in [1.54, 1.807) is 0 Å². The van der Waals surface area contributed by atoms with Gasteiger partial charge >= 0.3 is 0 Å². The molecule has 0 unspecified atom stereocenters. The first-order chi connectivity index (χ1) is 5.70. The minimum atomic E-state index is 0.426. The first-order valence-corrected chi connectivity index (χ1v) is 4.26. The molecule has 12 heavy (non-hydrogen) atoms. The Kier molecular flexibility index (Phi) is 1.50. The molecule has 0 radical (unpaired) electrons. The maximum atomic E-state index is 9.54. The first-order valence-electron chi connectivity index (χ1n) is 4.26. The molecule has 0 spiro atoms. The van der Waals surface area contributed by atoms with Gasteiger partial charge in [0.15, 0.2) is 0 Å². The van der Waals surface area contributed by atoms with Gasteiger partial charge in [-0.2, -0.15) is 0 Å². The summed E-state index contributed by atoms with van der Waals surface area (Å²) < 4.78 is 0. The SMILES string of the molecule is Cc1cc(O)c(C)c2c1NCC2. The van der Waals surface area contributed by atoms with E-state index in [4.69, 9.17) is 0 Å². The second kappa shape index (κ2) is 2.41. The van der Waals surface area contributed by atoms with Crippen LogP contribution in [-0.4, -0.2) is 11.7 Å². The zero-order chi connectivity index (χ0) is 8.72. The van der Waals surface area contributed by atoms with Crippen LogP contribution in [0.4, 0.5) is 5.69 Å². The average Bonchev–Trinajstić information content (AvgIpc) is 2.48. The third-order valence-electron chi connectivity index (χ3n) is 2.56. The zero-order valence-electron chi connectivity index (χ0n) is 7.44. The molecule has 0 aromatic heterocycles. The van der Waals surface area contributed by atoms with Gasteiger partial charge in [-0.3, -0.25) is 0 Å². The highest BCUT2D eigenvalue weighted by molar-refractivity contribution is 5.66. The number of fused-ring (bicyclic) bond motifs is 1. The average molecular weight is 163 g/mol. The lowest BCUT2D eigenvalue weighted by molar-refractivity contribution is 0.470. The summed E-state index contributed by atoms with van der Waals surface area (Å²) >= 11 is 0. The molecule has 0 amide bonds. The van der Waals surface area contributed by atoms with Gasteiger partial charge in [0.25, 0.3) is 0 Å². The van der Waals surface area contributed by atoms with Crippen LogP contribution in [0.1, 0.15) is 16.7 Å². The van der Waals surface area contributed by atoms with Crippen LogP contribution in [-0.2, 0) is 6.42 Å². The summed E-state index contributed by atoms with van der Waals surface area (Å²) in [5.41, 5.74) is 4.68. The van der Waals surface area contributed by atoms with Crippen molar-refractivity contribution in [1.82, 2.24) is 0 Å². The van der Waals surface area contributed by atoms with Crippen molar-refractivity contribution < 1.29 is 5.11 Å². The van der Waals surface area contributed by atoms with E-state index < -0.39 is 0 Å². The van der Waals surface area contributed by atoms with Crippen molar-refractivity contribution in [2.45, 2.75) is 20.3 Å². The van der Waals surface area contributed by atoms with Gasteiger partial charge in [-0.15, -0.1) is 0 Å². The van der Waals surface area contributed by atoms with Crippen molar-refractivity contribution in [3.8, 4) is 5.75 Å². The van der Waals surface area contributed by atoms with E-state index in [1.807, 2.05) is 19.9 Å². The Morgan fingerprint density at radius 3 is 2.92 bits per heavy atom. The summed E-state index contributed by atoms with van der Waals surface area (Å²) in [7, 11) is 0. The highest BCUT2D eigenvalue weighted by atomic mass is 16.3. The summed E-state index contributed by atoms with van der Waals surface area (Å²) in [5.74, 6) is 0.426. The van der Waals surface area contributed by atoms with Crippen LogP contribution in [0.3, 0.4) is 0 Å². The quantitative estimate of drug-likeness (QED) is 0.573. The van der Waals surface area contributed by atoms with Gasteiger partial charge in [0.05, 0.1) is 0 Å². The molecule has 0 saturated heterocycles. The van der Waals surface area contributed by atoms with E-state index in [2.05, 4.69) is 5.32 Å². The molecule has 1 aliphatic heterocycles. The Hall–Kier alpha value is -1.18. The molecule has 1 heterocycles. The lowest BCUT2D eigenvalue weighted by Gasteiger charge is -2.08. The van der Waals surface area contributed by atoms with Crippen molar-refractivity contribution in [2.75, 3.05) is 11.9 Å². The van der Waals surface area contributed by atoms with Crippen LogP contribution >= 0.6 is 0 Å². The van der Waals surface area contributed by atoms with Gasteiger partial charge in [0.2, 0.25) is 0 Å². The zero-order valence-corrected chi connectivity index (χ0v) is 7.44. The maximum absolute atomic E-state index is 9.54. The molecule has 0 bridgehead atoms. The molecule has 0 atom stereocenters. The van der Waals surface area contributed by atoms with Crippen molar-refractivity contribution in [1.29, 1.82) is 0 Å². The molecule has 2 N–H and O–H groups in total. The lowest BCUT2D eigenvalue weighted by atomic mass is 10.0. The van der Waals surface area contributed by atoms with Crippen LogP contribution in [0.25, 0.3) is 0 Å². The van der Waals surface area contributed by atoms with Crippen LogP contribution < -0.4 is 5.32 Å². The Morgan fingerprint density at radius 1 is 1.42 bits per heavy atom. The van der Waals surface area contributed by atoms with Gasteiger partial charge in [0.1, 0.15) is 5.75 Å². The normalized spacial score (nSPS) is 14.2. The largest absolute Gasteiger partial charge is 0.508 e. The molecule has 2 heteroatoms. The predicted octanol–water partition coefficient (Wildman–Crippen LogP) is 1.98. The van der Waals surface area contributed by atoms with Gasteiger partial charge in [-0.05, 0) is 43.0 Å². The van der Waals surface area contributed by atoms with Crippen LogP contribution in [0.5, 0.6) is 5.75 Å². The summed E-state index contributed by atoms with van der Waals surface area (Å²) in [4.78, 5) is 0. The number of phenols is 1. The molecule has 2 rings (SSSR count). The summed E-state index contributed by atoms with van der Waals surface area (Å²) in [6, 6.07) is 1.83. The van der Waals surface area contributed by atoms with Gasteiger partial charge in [-0.25, -0.2) is 0 Å². The molecule has 1 aromatic rings. The highest BCUT2D eigenvalue weighted by Gasteiger charge is 2.16. The second-order valence-electron chi connectivity index (χ2n) is 3.37. The smallest absolute Gasteiger partial charge is 0.119 e. The third-order valence-corrected chi connectivity index (χ3v) is 2.56. The van der Waals surface area contributed by atoms with Crippen molar-refractivity contribution in [3.63, 3.8) is 0 Å². The number of rotatable bonds is 0. The minimum Gasteiger partial charge on any atom is -0.508 e. The summed E-state index contributed by atoms with van der Waals surface area (Å²) in [6.45, 7) is 5.00. The summed E-state index contributed by atoms with van der Waals surface area (Å²) in [6.07, 6.45) is 1.04. The molecular formula is C10H13NO. The number of hydrogen-bond donors (Lipinski definition) is 2. The van der Waals surface area contributed by atoms with E-state index >= 15 is 0 Å². The Balaban J connectivity index is 2.69. The lowest BCUT2D eigenvalue weighted by Crippen LogP contribution is -1.92. The second-order valence-corrected chi connectivity index (χ2v) is 3.37. The van der Waals surface area contributed by atoms with E-state index in [0.717, 1.165) is 24.1 Å². The molecule has 2 nitrogen and oxygen atoms in total. The fraction of sp³-hybridized carbons (Fsp3) is 0.400. The number of phenolic OH excluding ortho intramolecular Hbond substituents is 1. The highest BCUT2D eigenvalue weighted by Crippen LogP contribution is 2.34. The van der Waals surface area contributed by atoms with Gasteiger partial charge < -0.3 is 10.4 Å². The standard InChI is InChI=1S/C10H13NO/c1-6-5-9(12)7(2)8-3-4-11-10(6)8/h5,11-12H,3-4H2,1-2H3. The topological polar surface area (TPSA) is 32.3 Å². The van der Waals surface area contributed by atoms with E-state index in [1.165, 1.54) is 11.3 Å². The monoisotopic (exact) mass is 163 g/mol. The van der Waals surface area contributed by atoms with E-state index in [0.29, 0.717) is 5.75 Å². The maximum Gasteiger partial charge on any atom is 0.119 e. The van der Waals surface area contributed by atoms with Crippen molar-refractivity contribution in [2.24, 2.45) is 0 Å². The fourth-order valence-corrected chi connectivity index (χ4v) is 1.84. The predicted molar refractivity (Wildman–Crippen MR) is 49.8 cm³/mol. The summed E-state index contributed by atoms with van der Waals surface area (Å²) in [5, 5.41) is 12.9. The number of aryl methyl sites for hydroxylation is 1.